The zero-order valence-corrected chi connectivity index (χ0v) is 15.1. The average Bonchev–Trinajstić information content (AvgIpc) is 2.67. The molecule has 1 aliphatic rings. The van der Waals surface area contributed by atoms with Crippen LogP contribution in [0.4, 0.5) is 0 Å². The van der Waals surface area contributed by atoms with Crippen molar-refractivity contribution >= 4 is 17.7 Å². The smallest absolute Gasteiger partial charge is 0.306 e. The fourth-order valence-corrected chi connectivity index (χ4v) is 3.12. The third kappa shape index (κ3) is 4.41. The number of rotatable bonds is 5. The second-order valence-electron chi connectivity index (χ2n) is 6.58. The summed E-state index contributed by atoms with van der Waals surface area (Å²) in [5.74, 6) is -1.47. The lowest BCUT2D eigenvalue weighted by atomic mass is 9.97. The van der Waals surface area contributed by atoms with Crippen molar-refractivity contribution < 1.29 is 24.2 Å². The number of carbonyl (C=O) groups excluding carboxylic acids is 2. The summed E-state index contributed by atoms with van der Waals surface area (Å²) >= 11 is 0. The predicted molar refractivity (Wildman–Crippen MR) is 98.9 cm³/mol. The van der Waals surface area contributed by atoms with Crippen LogP contribution < -0.4 is 0 Å². The Balaban J connectivity index is 1.84. The minimum Gasteiger partial charge on any atom is -0.481 e. The van der Waals surface area contributed by atoms with Gasteiger partial charge < -0.3 is 14.7 Å². The molecule has 0 aliphatic carbocycles. The van der Waals surface area contributed by atoms with Gasteiger partial charge in [-0.15, -0.1) is 0 Å². The number of hydrogen-bond donors (Lipinski definition) is 1. The highest BCUT2D eigenvalue weighted by Crippen LogP contribution is 2.19. The third-order valence-corrected chi connectivity index (χ3v) is 4.54. The number of ketones is 1. The monoisotopic (exact) mass is 367 g/mol. The minimum atomic E-state index is -0.968. The summed E-state index contributed by atoms with van der Waals surface area (Å²) in [6.45, 7) is 2.77. The number of morpholine rings is 1. The first kappa shape index (κ1) is 18.8. The molecule has 27 heavy (non-hydrogen) atoms. The van der Waals surface area contributed by atoms with Crippen molar-refractivity contribution in [2.24, 2.45) is 0 Å². The molecular formula is C21H21NO5. The third-order valence-electron chi connectivity index (χ3n) is 4.54. The number of carboxylic acid groups (broad SMARTS) is 1. The summed E-state index contributed by atoms with van der Waals surface area (Å²) in [6.07, 6.45) is -0.701. The van der Waals surface area contributed by atoms with E-state index in [0.29, 0.717) is 23.2 Å². The molecule has 1 heterocycles. The Hall–Kier alpha value is -2.99. The maximum Gasteiger partial charge on any atom is 0.306 e. The number of nitrogens with zero attached hydrogens (tertiary/aromatic N) is 1. The van der Waals surface area contributed by atoms with Crippen molar-refractivity contribution in [3.05, 3.63) is 70.8 Å². The largest absolute Gasteiger partial charge is 0.481 e. The number of carbonyl (C=O) groups is 3. The van der Waals surface area contributed by atoms with E-state index in [-0.39, 0.29) is 31.3 Å². The van der Waals surface area contributed by atoms with Crippen LogP contribution in [0.25, 0.3) is 0 Å². The van der Waals surface area contributed by atoms with Crippen LogP contribution in [-0.2, 0) is 9.53 Å². The predicted octanol–water partition coefficient (Wildman–Crippen LogP) is 2.54. The van der Waals surface area contributed by atoms with E-state index >= 15 is 0 Å². The molecule has 0 saturated carbocycles. The molecule has 1 aliphatic heterocycles. The van der Waals surface area contributed by atoms with E-state index in [1.54, 1.807) is 41.3 Å². The van der Waals surface area contributed by atoms with Crippen molar-refractivity contribution in [3.8, 4) is 0 Å². The SMILES string of the molecule is Cc1ccc(C(=O)c2ccccc2C(=O)N2CCO[C@H](CC(=O)O)C2)cc1. The van der Waals surface area contributed by atoms with E-state index < -0.39 is 12.1 Å². The van der Waals surface area contributed by atoms with Gasteiger partial charge >= 0.3 is 5.97 Å². The van der Waals surface area contributed by atoms with Gasteiger partial charge in [0.1, 0.15) is 0 Å². The summed E-state index contributed by atoms with van der Waals surface area (Å²) in [5, 5.41) is 8.94. The van der Waals surface area contributed by atoms with Gasteiger partial charge in [0.25, 0.3) is 5.91 Å². The number of amides is 1. The van der Waals surface area contributed by atoms with Crippen LogP contribution in [-0.4, -0.2) is 53.5 Å². The lowest BCUT2D eigenvalue weighted by Gasteiger charge is -2.32. The minimum absolute atomic E-state index is 0.159. The first-order chi connectivity index (χ1) is 13.0. The summed E-state index contributed by atoms with van der Waals surface area (Å²) in [4.78, 5) is 38.4. The first-order valence-corrected chi connectivity index (χ1v) is 8.79. The number of benzene rings is 2. The number of ether oxygens (including phenoxy) is 1. The topological polar surface area (TPSA) is 83.9 Å². The van der Waals surface area contributed by atoms with Gasteiger partial charge in [-0.05, 0) is 13.0 Å². The molecule has 0 radical (unpaired) electrons. The summed E-state index contributed by atoms with van der Waals surface area (Å²) < 4.78 is 5.42. The van der Waals surface area contributed by atoms with Gasteiger partial charge in [-0.1, -0.05) is 48.0 Å². The Morgan fingerprint density at radius 2 is 1.74 bits per heavy atom. The lowest BCUT2D eigenvalue weighted by molar-refractivity contribution is -0.141. The van der Waals surface area contributed by atoms with Crippen molar-refractivity contribution in [1.29, 1.82) is 0 Å². The number of hydrogen-bond acceptors (Lipinski definition) is 4. The van der Waals surface area contributed by atoms with Gasteiger partial charge in [0.15, 0.2) is 5.78 Å². The Morgan fingerprint density at radius 1 is 1.07 bits per heavy atom. The van der Waals surface area contributed by atoms with E-state index in [1.165, 1.54) is 0 Å². The van der Waals surface area contributed by atoms with Crippen LogP contribution in [0.1, 0.15) is 38.3 Å². The zero-order chi connectivity index (χ0) is 19.4. The highest BCUT2D eigenvalue weighted by atomic mass is 16.5. The summed E-state index contributed by atoms with van der Waals surface area (Å²) in [7, 11) is 0. The second kappa shape index (κ2) is 8.14. The second-order valence-corrected chi connectivity index (χ2v) is 6.58. The number of carboxylic acids is 1. The van der Waals surface area contributed by atoms with Crippen LogP contribution >= 0.6 is 0 Å². The maximum atomic E-state index is 13.0. The van der Waals surface area contributed by atoms with E-state index in [9.17, 15) is 14.4 Å². The van der Waals surface area contributed by atoms with Crippen molar-refractivity contribution in [2.45, 2.75) is 19.4 Å². The van der Waals surface area contributed by atoms with Crippen LogP contribution in [0.5, 0.6) is 0 Å². The number of aryl methyl sites for hydroxylation is 1. The van der Waals surface area contributed by atoms with Gasteiger partial charge in [-0.3, -0.25) is 14.4 Å². The van der Waals surface area contributed by atoms with Gasteiger partial charge in [-0.25, -0.2) is 0 Å². The van der Waals surface area contributed by atoms with Crippen LogP contribution in [0.2, 0.25) is 0 Å². The van der Waals surface area contributed by atoms with E-state index in [1.807, 2.05) is 19.1 Å². The molecule has 6 heteroatoms. The molecule has 1 atom stereocenters. The Kier molecular flexibility index (Phi) is 5.66. The quantitative estimate of drug-likeness (QED) is 0.821. The van der Waals surface area contributed by atoms with Crippen molar-refractivity contribution in [3.63, 3.8) is 0 Å². The molecule has 0 aromatic heterocycles. The summed E-state index contributed by atoms with van der Waals surface area (Å²) in [6, 6.07) is 13.9. The van der Waals surface area contributed by atoms with Crippen LogP contribution in [0, 0.1) is 6.92 Å². The van der Waals surface area contributed by atoms with E-state index in [2.05, 4.69) is 0 Å². The molecule has 1 N–H and O–H groups in total. The Bertz CT molecular complexity index is 859. The molecule has 2 aromatic carbocycles. The van der Waals surface area contributed by atoms with Crippen LogP contribution in [0.15, 0.2) is 48.5 Å². The molecule has 6 nitrogen and oxygen atoms in total. The van der Waals surface area contributed by atoms with Crippen LogP contribution in [0.3, 0.4) is 0 Å². The molecule has 0 spiro atoms. The lowest BCUT2D eigenvalue weighted by Crippen LogP contribution is -2.46. The fourth-order valence-electron chi connectivity index (χ4n) is 3.12. The zero-order valence-electron chi connectivity index (χ0n) is 15.1. The first-order valence-electron chi connectivity index (χ1n) is 8.79. The van der Waals surface area contributed by atoms with Gasteiger partial charge in [-0.2, -0.15) is 0 Å². The molecule has 3 rings (SSSR count). The Morgan fingerprint density at radius 3 is 2.41 bits per heavy atom. The molecule has 1 fully saturated rings. The standard InChI is InChI=1S/C21H21NO5/c1-14-6-8-15(9-7-14)20(25)17-4-2-3-5-18(17)21(26)22-10-11-27-16(13-22)12-19(23)24/h2-9,16H,10-13H2,1H3,(H,23,24)/t16-/m1/s1. The highest BCUT2D eigenvalue weighted by molar-refractivity contribution is 6.15. The van der Waals surface area contributed by atoms with E-state index in [4.69, 9.17) is 9.84 Å². The molecule has 1 saturated heterocycles. The molecule has 140 valence electrons. The highest BCUT2D eigenvalue weighted by Gasteiger charge is 2.28. The fraction of sp³-hybridized carbons (Fsp3) is 0.286. The number of aliphatic carboxylic acids is 1. The van der Waals surface area contributed by atoms with Gasteiger partial charge in [0.2, 0.25) is 0 Å². The van der Waals surface area contributed by atoms with Crippen molar-refractivity contribution in [2.75, 3.05) is 19.7 Å². The molecule has 0 bridgehead atoms. The average molecular weight is 367 g/mol. The molecule has 1 amide bonds. The molecule has 2 aromatic rings. The normalized spacial score (nSPS) is 16.8. The molecular weight excluding hydrogens is 346 g/mol. The molecule has 0 unspecified atom stereocenters. The summed E-state index contributed by atoms with van der Waals surface area (Å²) in [5.41, 5.74) is 2.23. The Labute approximate surface area is 157 Å². The van der Waals surface area contributed by atoms with Gasteiger partial charge in [0.05, 0.1) is 24.7 Å². The maximum absolute atomic E-state index is 13.0. The van der Waals surface area contributed by atoms with E-state index in [0.717, 1.165) is 5.56 Å². The van der Waals surface area contributed by atoms with Crippen molar-refractivity contribution in [1.82, 2.24) is 4.90 Å². The van der Waals surface area contributed by atoms with Gasteiger partial charge in [0, 0.05) is 24.2 Å².